The maximum Gasteiger partial charge on any atom is 0.305 e. The number of carbonyl (C=O) groups excluding carboxylic acids is 2. The zero-order chi connectivity index (χ0) is 18.1. The number of hydrogen-bond acceptors (Lipinski definition) is 4. The van der Waals surface area contributed by atoms with Crippen LogP contribution >= 0.6 is 0 Å². The zero-order valence-corrected chi connectivity index (χ0v) is 14.7. The lowest BCUT2D eigenvalue weighted by molar-refractivity contribution is -0.139. The summed E-state index contributed by atoms with van der Waals surface area (Å²) in [6.07, 6.45) is 3.83. The van der Waals surface area contributed by atoms with Crippen LogP contribution in [0.15, 0.2) is 0 Å². The highest BCUT2D eigenvalue weighted by molar-refractivity contribution is 5.96. The van der Waals surface area contributed by atoms with E-state index in [1.807, 2.05) is 0 Å². The van der Waals surface area contributed by atoms with Gasteiger partial charge in [-0.3, -0.25) is 14.4 Å². The SMILES string of the molecule is CC(C)(C)C1CCCC1NC(=O)C1(NC(=O)[C@@H](N)CC(=O)O)CC1. The molecule has 0 aliphatic heterocycles. The van der Waals surface area contributed by atoms with Crippen molar-refractivity contribution in [3.8, 4) is 0 Å². The van der Waals surface area contributed by atoms with Gasteiger partial charge in [0.2, 0.25) is 11.8 Å². The van der Waals surface area contributed by atoms with Gasteiger partial charge in [0, 0.05) is 6.04 Å². The highest BCUT2D eigenvalue weighted by Crippen LogP contribution is 2.41. The van der Waals surface area contributed by atoms with E-state index in [-0.39, 0.29) is 17.4 Å². The van der Waals surface area contributed by atoms with E-state index in [2.05, 4.69) is 31.4 Å². The molecular formula is C17H29N3O4. The van der Waals surface area contributed by atoms with E-state index in [1.54, 1.807) is 0 Å². The summed E-state index contributed by atoms with van der Waals surface area (Å²) in [4.78, 5) is 35.3. The molecule has 7 nitrogen and oxygen atoms in total. The molecule has 2 fully saturated rings. The lowest BCUT2D eigenvalue weighted by atomic mass is 9.77. The minimum atomic E-state index is -1.14. The van der Waals surface area contributed by atoms with Gasteiger partial charge in [0.05, 0.1) is 12.5 Å². The third-order valence-corrected chi connectivity index (χ3v) is 5.22. The Labute approximate surface area is 142 Å². The predicted octanol–water partition coefficient (Wildman–Crippen LogP) is 0.768. The van der Waals surface area contributed by atoms with Crippen LogP contribution in [0, 0.1) is 11.3 Å². The molecule has 0 aromatic rings. The van der Waals surface area contributed by atoms with Crippen LogP contribution in [-0.2, 0) is 14.4 Å². The van der Waals surface area contributed by atoms with Crippen molar-refractivity contribution in [2.45, 2.75) is 76.9 Å². The second-order valence-corrected chi connectivity index (χ2v) is 8.26. The van der Waals surface area contributed by atoms with Crippen LogP contribution in [0.2, 0.25) is 0 Å². The van der Waals surface area contributed by atoms with Crippen molar-refractivity contribution in [1.29, 1.82) is 0 Å². The van der Waals surface area contributed by atoms with Gasteiger partial charge < -0.3 is 21.5 Å². The first-order valence-corrected chi connectivity index (χ1v) is 8.65. The first kappa shape index (κ1) is 18.7. The first-order chi connectivity index (χ1) is 11.0. The van der Waals surface area contributed by atoms with Gasteiger partial charge in [0.1, 0.15) is 5.54 Å². The lowest BCUT2D eigenvalue weighted by Gasteiger charge is -2.33. The van der Waals surface area contributed by atoms with Gasteiger partial charge in [-0.15, -0.1) is 0 Å². The van der Waals surface area contributed by atoms with Crippen molar-refractivity contribution in [3.05, 3.63) is 0 Å². The molecule has 2 aliphatic rings. The average molecular weight is 339 g/mol. The Bertz CT molecular complexity index is 522. The Kier molecular flexibility index (Phi) is 5.22. The number of rotatable bonds is 6. The van der Waals surface area contributed by atoms with E-state index in [0.717, 1.165) is 19.3 Å². The summed E-state index contributed by atoms with van der Waals surface area (Å²) in [7, 11) is 0. The smallest absolute Gasteiger partial charge is 0.305 e. The van der Waals surface area contributed by atoms with Crippen LogP contribution in [-0.4, -0.2) is 40.5 Å². The van der Waals surface area contributed by atoms with Crippen LogP contribution < -0.4 is 16.4 Å². The van der Waals surface area contributed by atoms with Crippen molar-refractivity contribution in [1.82, 2.24) is 10.6 Å². The molecule has 2 saturated carbocycles. The molecule has 0 spiro atoms. The number of hydrogen-bond donors (Lipinski definition) is 4. The molecular weight excluding hydrogens is 310 g/mol. The zero-order valence-electron chi connectivity index (χ0n) is 14.7. The quantitative estimate of drug-likeness (QED) is 0.569. The average Bonchev–Trinajstić information content (AvgIpc) is 3.06. The van der Waals surface area contributed by atoms with Gasteiger partial charge in [0.25, 0.3) is 0 Å². The fourth-order valence-electron chi connectivity index (χ4n) is 3.62. The number of nitrogens with one attached hydrogen (secondary N) is 2. The van der Waals surface area contributed by atoms with Gasteiger partial charge in [-0.05, 0) is 37.0 Å². The molecule has 3 atom stereocenters. The fourth-order valence-corrected chi connectivity index (χ4v) is 3.62. The minimum absolute atomic E-state index is 0.123. The number of carboxylic acids is 1. The van der Waals surface area contributed by atoms with Crippen LogP contribution in [0.5, 0.6) is 0 Å². The second-order valence-electron chi connectivity index (χ2n) is 8.26. The predicted molar refractivity (Wildman–Crippen MR) is 89.1 cm³/mol. The van der Waals surface area contributed by atoms with Crippen LogP contribution in [0.1, 0.15) is 59.3 Å². The van der Waals surface area contributed by atoms with Crippen LogP contribution in [0.4, 0.5) is 0 Å². The van der Waals surface area contributed by atoms with Crippen LogP contribution in [0.3, 0.4) is 0 Å². The molecule has 2 rings (SSSR count). The molecule has 0 aromatic carbocycles. The number of carboxylic acid groups (broad SMARTS) is 1. The highest BCUT2D eigenvalue weighted by Gasteiger charge is 2.52. The van der Waals surface area contributed by atoms with Crippen molar-refractivity contribution in [3.63, 3.8) is 0 Å². The van der Waals surface area contributed by atoms with Gasteiger partial charge in [-0.1, -0.05) is 27.2 Å². The van der Waals surface area contributed by atoms with E-state index in [9.17, 15) is 14.4 Å². The Morgan fingerprint density at radius 2 is 1.88 bits per heavy atom. The minimum Gasteiger partial charge on any atom is -0.481 e. The first-order valence-electron chi connectivity index (χ1n) is 8.65. The third-order valence-electron chi connectivity index (χ3n) is 5.22. The van der Waals surface area contributed by atoms with E-state index in [1.165, 1.54) is 0 Å². The largest absolute Gasteiger partial charge is 0.481 e. The molecule has 0 heterocycles. The molecule has 136 valence electrons. The number of nitrogens with two attached hydrogens (primary N) is 1. The van der Waals surface area contributed by atoms with Gasteiger partial charge >= 0.3 is 5.97 Å². The number of carbonyl (C=O) groups is 3. The molecule has 24 heavy (non-hydrogen) atoms. The summed E-state index contributed by atoms with van der Waals surface area (Å²) >= 11 is 0. The summed E-state index contributed by atoms with van der Waals surface area (Å²) in [6.45, 7) is 6.55. The summed E-state index contributed by atoms with van der Waals surface area (Å²) in [5.41, 5.74) is 4.79. The van der Waals surface area contributed by atoms with E-state index in [4.69, 9.17) is 10.8 Å². The van der Waals surface area contributed by atoms with Gasteiger partial charge in [-0.25, -0.2) is 0 Å². The van der Waals surface area contributed by atoms with Crippen molar-refractivity contribution in [2.24, 2.45) is 17.1 Å². The summed E-state index contributed by atoms with van der Waals surface area (Å²) < 4.78 is 0. The molecule has 0 saturated heterocycles. The Balaban J connectivity index is 1.94. The topological polar surface area (TPSA) is 122 Å². The maximum atomic E-state index is 12.7. The number of amides is 2. The lowest BCUT2D eigenvalue weighted by Crippen LogP contribution is -2.56. The molecule has 7 heteroatoms. The summed E-state index contributed by atoms with van der Waals surface area (Å²) in [5.74, 6) is -1.46. The second kappa shape index (κ2) is 6.70. The summed E-state index contributed by atoms with van der Waals surface area (Å²) in [6, 6.07) is -1.01. The molecule has 2 unspecified atom stereocenters. The van der Waals surface area contributed by atoms with E-state index < -0.39 is 29.9 Å². The molecule has 0 radical (unpaired) electrons. The molecule has 5 N–H and O–H groups in total. The van der Waals surface area contributed by atoms with Crippen LogP contribution in [0.25, 0.3) is 0 Å². The molecule has 2 aliphatic carbocycles. The highest BCUT2D eigenvalue weighted by atomic mass is 16.4. The van der Waals surface area contributed by atoms with Crippen molar-refractivity contribution in [2.75, 3.05) is 0 Å². The Hall–Kier alpha value is -1.63. The normalized spacial score (nSPS) is 26.5. The van der Waals surface area contributed by atoms with Gasteiger partial charge in [0.15, 0.2) is 0 Å². The molecule has 0 aromatic heterocycles. The molecule has 0 bridgehead atoms. The maximum absolute atomic E-state index is 12.7. The standard InChI is InChI=1S/C17H29N3O4/c1-16(2,3)10-5-4-6-12(10)19-15(24)17(7-8-17)20-14(23)11(18)9-13(21)22/h10-12H,4-9,18H2,1-3H3,(H,19,24)(H,20,23)(H,21,22)/t10?,11-,12?/m0/s1. The van der Waals surface area contributed by atoms with Gasteiger partial charge in [-0.2, -0.15) is 0 Å². The van der Waals surface area contributed by atoms with E-state index in [0.29, 0.717) is 18.8 Å². The Morgan fingerprint density at radius 3 is 2.38 bits per heavy atom. The monoisotopic (exact) mass is 339 g/mol. The van der Waals surface area contributed by atoms with Crippen molar-refractivity contribution >= 4 is 17.8 Å². The molecule has 2 amide bonds. The summed E-state index contributed by atoms with van der Waals surface area (Å²) in [5, 5.41) is 14.5. The fraction of sp³-hybridized carbons (Fsp3) is 0.824. The number of aliphatic carboxylic acids is 1. The van der Waals surface area contributed by atoms with E-state index >= 15 is 0 Å². The van der Waals surface area contributed by atoms with Crippen molar-refractivity contribution < 1.29 is 19.5 Å². The Morgan fingerprint density at radius 1 is 1.25 bits per heavy atom. The third kappa shape index (κ3) is 4.26.